The largest absolute Gasteiger partial charge is 0.435 e. The van der Waals surface area contributed by atoms with Crippen molar-refractivity contribution in [1.29, 1.82) is 0 Å². The first-order valence-corrected chi connectivity index (χ1v) is 14.8. The van der Waals surface area contributed by atoms with Crippen molar-refractivity contribution >= 4 is 11.8 Å². The van der Waals surface area contributed by atoms with Crippen LogP contribution in [0.3, 0.4) is 0 Å². The van der Waals surface area contributed by atoms with Crippen LogP contribution in [0.4, 0.5) is 4.79 Å². The number of hydrogen-bond acceptors (Lipinski definition) is 5. The summed E-state index contributed by atoms with van der Waals surface area (Å²) in [5, 5.41) is 18.3. The Morgan fingerprint density at radius 1 is 1.03 bits per heavy atom. The van der Waals surface area contributed by atoms with Crippen molar-refractivity contribution in [3.8, 4) is 0 Å². The maximum absolute atomic E-state index is 12.7. The topological polar surface area (TPSA) is 74.2 Å². The zero-order valence-electron chi connectivity index (χ0n) is 23.7. The number of carbonyl (C=O) groups excluding carboxylic acids is 1. The number of likely N-dealkylation sites (N-methyl/N-ethyl adjacent to an activating group) is 1. The monoisotopic (exact) mass is 501 g/mol. The molecular formula is C30H51N3O3. The maximum Gasteiger partial charge on any atom is 0.435 e. The van der Waals surface area contributed by atoms with Crippen LogP contribution in [0.5, 0.6) is 0 Å². The van der Waals surface area contributed by atoms with Crippen LogP contribution >= 0.6 is 0 Å². The lowest BCUT2D eigenvalue weighted by Crippen LogP contribution is -2.54. The Balaban J connectivity index is 1.21. The molecule has 1 amide bonds. The summed E-state index contributed by atoms with van der Waals surface area (Å²) in [7, 11) is 1.82. The number of fused-ring (bicyclic) bond motifs is 5. The van der Waals surface area contributed by atoms with Gasteiger partial charge in [-0.1, -0.05) is 32.9 Å². The van der Waals surface area contributed by atoms with Gasteiger partial charge < -0.3 is 15.3 Å². The zero-order chi connectivity index (χ0) is 25.9. The normalized spacial score (nSPS) is 46.0. The van der Waals surface area contributed by atoms with E-state index in [2.05, 4.69) is 45.1 Å². The fourth-order valence-electron chi connectivity index (χ4n) is 9.93. The van der Waals surface area contributed by atoms with Crippen molar-refractivity contribution in [3.05, 3.63) is 0 Å². The maximum atomic E-state index is 12.7. The molecule has 0 spiro atoms. The molecule has 1 heterocycles. The Morgan fingerprint density at radius 2 is 1.75 bits per heavy atom. The van der Waals surface area contributed by atoms with Crippen LogP contribution in [-0.4, -0.2) is 54.1 Å². The Hall–Kier alpha value is -1.14. The molecule has 5 rings (SSSR count). The van der Waals surface area contributed by atoms with Gasteiger partial charge in [0.2, 0.25) is 0 Å². The highest BCUT2D eigenvalue weighted by atomic mass is 16.7. The number of nitrogens with zero attached hydrogens (tertiary/aromatic N) is 2. The first-order valence-electron chi connectivity index (χ1n) is 14.8. The summed E-state index contributed by atoms with van der Waals surface area (Å²) < 4.78 is 0. The summed E-state index contributed by atoms with van der Waals surface area (Å²) in [6.07, 6.45) is 11.4. The van der Waals surface area contributed by atoms with E-state index in [1.807, 2.05) is 7.05 Å². The summed E-state index contributed by atoms with van der Waals surface area (Å²) in [6.45, 7) is 13.3. The van der Waals surface area contributed by atoms with Gasteiger partial charge in [-0.05, 0) is 111 Å². The van der Waals surface area contributed by atoms with E-state index in [9.17, 15) is 9.90 Å². The summed E-state index contributed by atoms with van der Waals surface area (Å²) in [5.41, 5.74) is 1.95. The van der Waals surface area contributed by atoms with Crippen LogP contribution in [0.25, 0.3) is 0 Å². The van der Waals surface area contributed by atoms with Crippen LogP contribution in [0.15, 0.2) is 5.16 Å². The molecule has 6 heteroatoms. The molecule has 0 aromatic heterocycles. The molecular weight excluding hydrogens is 450 g/mol. The lowest BCUT2D eigenvalue weighted by molar-refractivity contribution is -0.123. The van der Waals surface area contributed by atoms with E-state index in [0.29, 0.717) is 29.8 Å². The van der Waals surface area contributed by atoms with Crippen molar-refractivity contribution in [2.45, 2.75) is 111 Å². The first kappa shape index (κ1) is 26.5. The van der Waals surface area contributed by atoms with Crippen LogP contribution in [-0.2, 0) is 4.84 Å². The molecule has 0 aromatic rings. The quantitative estimate of drug-likeness (QED) is 0.288. The molecule has 5 aliphatic rings. The third-order valence-electron chi connectivity index (χ3n) is 11.9. The molecule has 2 N–H and O–H groups in total. The predicted octanol–water partition coefficient (Wildman–Crippen LogP) is 5.84. The van der Waals surface area contributed by atoms with Crippen LogP contribution < -0.4 is 5.32 Å². The average molecular weight is 502 g/mol. The molecule has 1 saturated heterocycles. The Bertz CT molecular complexity index is 874. The Morgan fingerprint density at radius 3 is 2.47 bits per heavy atom. The van der Waals surface area contributed by atoms with Gasteiger partial charge in [0.25, 0.3) is 0 Å². The van der Waals surface area contributed by atoms with Gasteiger partial charge in [0.15, 0.2) is 0 Å². The number of aliphatic hydroxyl groups is 1. The fraction of sp³-hybridized carbons (Fsp3) is 0.933. The van der Waals surface area contributed by atoms with Crippen LogP contribution in [0.1, 0.15) is 98.8 Å². The molecule has 0 aromatic carbocycles. The number of carbonyl (C=O) groups is 1. The molecule has 4 aliphatic carbocycles. The third kappa shape index (κ3) is 4.63. The van der Waals surface area contributed by atoms with Crippen molar-refractivity contribution in [2.75, 3.05) is 20.1 Å². The molecule has 0 radical (unpaired) electrons. The van der Waals surface area contributed by atoms with E-state index in [0.717, 1.165) is 55.7 Å². The van der Waals surface area contributed by atoms with E-state index in [-0.39, 0.29) is 23.0 Å². The highest BCUT2D eigenvalue weighted by Gasteiger charge is 2.60. The Kier molecular flexibility index (Phi) is 7.02. The van der Waals surface area contributed by atoms with E-state index in [1.54, 1.807) is 4.90 Å². The lowest BCUT2D eigenvalue weighted by Gasteiger charge is -2.61. The van der Waals surface area contributed by atoms with Gasteiger partial charge in [-0.15, -0.1) is 0 Å². The van der Waals surface area contributed by atoms with Gasteiger partial charge in [0.05, 0.1) is 11.8 Å². The number of rotatable bonds is 4. The zero-order valence-corrected chi connectivity index (χ0v) is 23.7. The van der Waals surface area contributed by atoms with E-state index >= 15 is 0 Å². The van der Waals surface area contributed by atoms with Crippen LogP contribution in [0, 0.1) is 45.8 Å². The van der Waals surface area contributed by atoms with Gasteiger partial charge in [0.1, 0.15) is 0 Å². The second-order valence-corrected chi connectivity index (χ2v) is 14.7. The second kappa shape index (κ2) is 9.55. The van der Waals surface area contributed by atoms with E-state index < -0.39 is 0 Å². The predicted molar refractivity (Wildman–Crippen MR) is 144 cm³/mol. The number of oxime groups is 1. The minimum absolute atomic E-state index is 0.0776. The summed E-state index contributed by atoms with van der Waals surface area (Å²) in [5.74, 6) is 3.45. The number of nitrogens with one attached hydrogen (secondary N) is 1. The minimum Gasteiger partial charge on any atom is -0.393 e. The van der Waals surface area contributed by atoms with Gasteiger partial charge in [-0.2, -0.15) is 0 Å². The molecule has 0 bridgehead atoms. The van der Waals surface area contributed by atoms with Crippen molar-refractivity contribution in [2.24, 2.45) is 51.0 Å². The molecule has 1 aliphatic heterocycles. The van der Waals surface area contributed by atoms with Gasteiger partial charge in [-0.3, -0.25) is 4.84 Å². The average Bonchev–Trinajstić information content (AvgIpc) is 3.35. The van der Waals surface area contributed by atoms with Crippen LogP contribution in [0.2, 0.25) is 0 Å². The van der Waals surface area contributed by atoms with E-state index in [1.165, 1.54) is 38.5 Å². The number of hydrogen-bond donors (Lipinski definition) is 2. The lowest BCUT2D eigenvalue weighted by atomic mass is 9.44. The summed E-state index contributed by atoms with van der Waals surface area (Å²) in [4.78, 5) is 19.9. The first-order chi connectivity index (χ1) is 16.9. The standard InChI is InChI=1S/C30H51N3O3/c1-19(32-36-27(35)33(6)17-21-16-28(2,3)18-31-21)24-9-10-25-23-8-7-20-15-22(34)11-13-29(20,4)26(23)12-14-30(24,25)5/h20-26,31,34H,7-18H2,1-6H3/b32-19+/t20-,21?,22+,23-,24+,25-,26-,29-,30+/m0/s1. The van der Waals surface area contributed by atoms with Gasteiger partial charge >= 0.3 is 6.09 Å². The second-order valence-electron chi connectivity index (χ2n) is 14.7. The van der Waals surface area contributed by atoms with Crippen molar-refractivity contribution in [3.63, 3.8) is 0 Å². The molecule has 6 nitrogen and oxygen atoms in total. The highest BCUT2D eigenvalue weighted by Crippen LogP contribution is 2.67. The van der Waals surface area contributed by atoms with Gasteiger partial charge in [0, 0.05) is 32.1 Å². The number of amides is 1. The smallest absolute Gasteiger partial charge is 0.393 e. The molecule has 204 valence electrons. The number of aliphatic hydroxyl groups excluding tert-OH is 1. The minimum atomic E-state index is -0.352. The summed E-state index contributed by atoms with van der Waals surface area (Å²) >= 11 is 0. The summed E-state index contributed by atoms with van der Waals surface area (Å²) in [6, 6.07) is 0.316. The Labute approximate surface area is 219 Å². The highest BCUT2D eigenvalue weighted by molar-refractivity contribution is 5.85. The molecule has 36 heavy (non-hydrogen) atoms. The fourth-order valence-corrected chi connectivity index (χ4v) is 9.93. The molecule has 4 saturated carbocycles. The SMILES string of the molecule is C/C(=N\OC(=O)N(C)CC1CC(C)(C)CN1)[C@H]1CC[C@H]2[C@@H]3CC[C@H]4C[C@H](O)CC[C@]4(C)[C@H]3CC[C@]12C. The van der Waals surface area contributed by atoms with E-state index in [4.69, 9.17) is 4.84 Å². The van der Waals surface area contributed by atoms with Gasteiger partial charge in [-0.25, -0.2) is 4.79 Å². The van der Waals surface area contributed by atoms with Crippen molar-refractivity contribution in [1.82, 2.24) is 10.2 Å². The molecule has 1 unspecified atom stereocenters. The molecule has 9 atom stereocenters. The van der Waals surface area contributed by atoms with Crippen molar-refractivity contribution < 1.29 is 14.7 Å². The third-order valence-corrected chi connectivity index (χ3v) is 11.9. The molecule has 5 fully saturated rings.